The van der Waals surface area contributed by atoms with E-state index in [-0.39, 0.29) is 24.7 Å². The molecule has 0 unspecified atom stereocenters. The molecule has 0 bridgehead atoms. The number of carbonyl (C=O) groups is 1. The molecule has 4 rings (SSSR count). The van der Waals surface area contributed by atoms with E-state index in [1.54, 1.807) is 21.3 Å². The lowest BCUT2D eigenvalue weighted by Crippen LogP contribution is -2.23. The summed E-state index contributed by atoms with van der Waals surface area (Å²) in [6, 6.07) is 11.8. The molecule has 29 heavy (non-hydrogen) atoms. The van der Waals surface area contributed by atoms with Crippen LogP contribution < -0.4 is 5.32 Å². The minimum absolute atomic E-state index is 0.152. The van der Waals surface area contributed by atoms with Crippen molar-refractivity contribution in [1.82, 2.24) is 34.9 Å². The second-order valence-corrected chi connectivity index (χ2v) is 6.82. The van der Waals surface area contributed by atoms with Gasteiger partial charge in [0.2, 0.25) is 5.91 Å². The first-order valence-electron chi connectivity index (χ1n) is 9.26. The Morgan fingerprint density at radius 1 is 1.10 bits per heavy atom. The van der Waals surface area contributed by atoms with Crippen LogP contribution in [0, 0.1) is 19.7 Å². The summed E-state index contributed by atoms with van der Waals surface area (Å²) >= 11 is 0. The van der Waals surface area contributed by atoms with Crippen molar-refractivity contribution in [1.29, 1.82) is 0 Å². The van der Waals surface area contributed by atoms with Gasteiger partial charge in [-0.2, -0.15) is 9.61 Å². The highest BCUT2D eigenvalue weighted by Crippen LogP contribution is 2.12. The lowest BCUT2D eigenvalue weighted by atomic mass is 10.2. The molecular formula is C20H20FN7O. The Morgan fingerprint density at radius 2 is 1.97 bits per heavy atom. The van der Waals surface area contributed by atoms with Gasteiger partial charge in [0, 0.05) is 25.1 Å². The van der Waals surface area contributed by atoms with Crippen LogP contribution >= 0.6 is 0 Å². The number of hydrogen-bond donors (Lipinski definition) is 1. The summed E-state index contributed by atoms with van der Waals surface area (Å²) in [6.07, 6.45) is 0.603. The summed E-state index contributed by atoms with van der Waals surface area (Å²) in [5.41, 5.74) is 3.19. The molecule has 9 heteroatoms. The molecule has 0 saturated heterocycles. The number of amides is 1. The predicted octanol–water partition coefficient (Wildman–Crippen LogP) is 2.31. The molecule has 1 amide bonds. The van der Waals surface area contributed by atoms with Crippen LogP contribution in [0.5, 0.6) is 0 Å². The number of fused-ring (bicyclic) bond motifs is 1. The van der Waals surface area contributed by atoms with Crippen LogP contribution in [0.15, 0.2) is 42.5 Å². The highest BCUT2D eigenvalue weighted by molar-refractivity contribution is 5.76. The molecule has 3 aromatic heterocycles. The van der Waals surface area contributed by atoms with Crippen LogP contribution in [0.25, 0.3) is 11.5 Å². The van der Waals surface area contributed by atoms with Crippen molar-refractivity contribution >= 4 is 11.6 Å². The molecule has 1 aromatic carbocycles. The van der Waals surface area contributed by atoms with Crippen molar-refractivity contribution in [3.8, 4) is 5.82 Å². The van der Waals surface area contributed by atoms with E-state index in [0.717, 1.165) is 11.4 Å². The van der Waals surface area contributed by atoms with E-state index in [0.29, 0.717) is 29.3 Å². The number of nitrogens with zero attached hydrogens (tertiary/aromatic N) is 6. The van der Waals surface area contributed by atoms with Gasteiger partial charge in [-0.3, -0.25) is 4.79 Å². The number of aromatic nitrogens is 6. The molecule has 3 heterocycles. The second kappa shape index (κ2) is 7.78. The topological polar surface area (TPSA) is 90.0 Å². The fourth-order valence-corrected chi connectivity index (χ4v) is 3.11. The monoisotopic (exact) mass is 393 g/mol. The third-order valence-corrected chi connectivity index (χ3v) is 4.49. The van der Waals surface area contributed by atoms with Gasteiger partial charge in [-0.1, -0.05) is 12.1 Å². The summed E-state index contributed by atoms with van der Waals surface area (Å²) < 4.78 is 16.6. The first-order valence-corrected chi connectivity index (χ1v) is 9.26. The summed E-state index contributed by atoms with van der Waals surface area (Å²) in [7, 11) is 0. The molecule has 0 spiro atoms. The summed E-state index contributed by atoms with van der Waals surface area (Å²) in [6.45, 7) is 4.16. The average Bonchev–Trinajstić information content (AvgIpc) is 3.26. The van der Waals surface area contributed by atoms with Gasteiger partial charge in [0.15, 0.2) is 17.3 Å². The van der Waals surface area contributed by atoms with Crippen molar-refractivity contribution in [3.05, 3.63) is 71.1 Å². The van der Waals surface area contributed by atoms with Gasteiger partial charge in [0.05, 0.1) is 5.69 Å². The Kier molecular flexibility index (Phi) is 5.03. The van der Waals surface area contributed by atoms with Gasteiger partial charge < -0.3 is 5.32 Å². The molecule has 8 nitrogen and oxygen atoms in total. The van der Waals surface area contributed by atoms with Crippen LogP contribution in [0.4, 0.5) is 4.39 Å². The summed E-state index contributed by atoms with van der Waals surface area (Å²) in [5, 5.41) is 20.1. The maximum absolute atomic E-state index is 13.2. The first kappa shape index (κ1) is 18.7. The molecule has 0 aliphatic heterocycles. The zero-order chi connectivity index (χ0) is 20.4. The van der Waals surface area contributed by atoms with Crippen molar-refractivity contribution in [3.63, 3.8) is 0 Å². The molecule has 4 aromatic rings. The quantitative estimate of drug-likeness (QED) is 0.543. The maximum Gasteiger partial charge on any atom is 0.220 e. The van der Waals surface area contributed by atoms with Gasteiger partial charge in [0.25, 0.3) is 0 Å². The SMILES string of the molecule is Cc1cc(C)n(-c2ccc3nnc(CCC(=O)NCc4cccc(F)c4)n3n2)n1. The van der Waals surface area contributed by atoms with E-state index in [2.05, 4.69) is 25.7 Å². The smallest absolute Gasteiger partial charge is 0.220 e. The molecule has 0 aliphatic rings. The fraction of sp³-hybridized carbons (Fsp3) is 0.250. The number of aryl methyl sites for hydroxylation is 3. The Labute approximate surface area is 166 Å². The largest absolute Gasteiger partial charge is 0.352 e. The fourth-order valence-electron chi connectivity index (χ4n) is 3.11. The van der Waals surface area contributed by atoms with Gasteiger partial charge in [0.1, 0.15) is 5.82 Å². The number of carbonyl (C=O) groups excluding carboxylic acids is 1. The average molecular weight is 393 g/mol. The maximum atomic E-state index is 13.2. The Morgan fingerprint density at radius 3 is 2.72 bits per heavy atom. The normalized spacial score (nSPS) is 11.1. The van der Waals surface area contributed by atoms with E-state index in [9.17, 15) is 9.18 Å². The van der Waals surface area contributed by atoms with Crippen LogP contribution in [0.2, 0.25) is 0 Å². The third kappa shape index (κ3) is 4.13. The molecule has 0 atom stereocenters. The van der Waals surface area contributed by atoms with E-state index >= 15 is 0 Å². The van der Waals surface area contributed by atoms with Crippen LogP contribution in [0.1, 0.15) is 29.2 Å². The number of halogens is 1. The Balaban J connectivity index is 1.44. The van der Waals surface area contributed by atoms with Gasteiger partial charge in [-0.05, 0) is 49.7 Å². The number of nitrogens with one attached hydrogen (secondary N) is 1. The third-order valence-electron chi connectivity index (χ3n) is 4.49. The highest BCUT2D eigenvalue weighted by Gasteiger charge is 2.12. The summed E-state index contributed by atoms with van der Waals surface area (Å²) in [4.78, 5) is 12.2. The molecule has 0 aliphatic carbocycles. The zero-order valence-electron chi connectivity index (χ0n) is 16.1. The molecule has 1 N–H and O–H groups in total. The number of rotatable bonds is 6. The van der Waals surface area contributed by atoms with Crippen molar-refractivity contribution < 1.29 is 9.18 Å². The van der Waals surface area contributed by atoms with E-state index in [1.165, 1.54) is 12.1 Å². The molecule has 0 fully saturated rings. The van der Waals surface area contributed by atoms with E-state index < -0.39 is 0 Å². The highest BCUT2D eigenvalue weighted by atomic mass is 19.1. The van der Waals surface area contributed by atoms with Gasteiger partial charge >= 0.3 is 0 Å². The zero-order valence-corrected chi connectivity index (χ0v) is 16.1. The lowest BCUT2D eigenvalue weighted by Gasteiger charge is -2.06. The van der Waals surface area contributed by atoms with Gasteiger partial charge in [-0.25, -0.2) is 9.07 Å². The van der Waals surface area contributed by atoms with Crippen LogP contribution in [0.3, 0.4) is 0 Å². The van der Waals surface area contributed by atoms with Crippen LogP contribution in [-0.2, 0) is 17.8 Å². The minimum Gasteiger partial charge on any atom is -0.352 e. The summed E-state index contributed by atoms with van der Waals surface area (Å²) in [5.74, 6) is 0.765. The number of benzene rings is 1. The molecular weight excluding hydrogens is 373 g/mol. The Bertz CT molecular complexity index is 1180. The van der Waals surface area contributed by atoms with Crippen molar-refractivity contribution in [2.45, 2.75) is 33.2 Å². The molecule has 0 saturated carbocycles. The van der Waals surface area contributed by atoms with E-state index in [1.807, 2.05) is 32.0 Å². The first-order chi connectivity index (χ1) is 14.0. The minimum atomic E-state index is -0.323. The molecule has 148 valence electrons. The van der Waals surface area contributed by atoms with Gasteiger partial charge in [-0.15, -0.1) is 15.3 Å². The van der Waals surface area contributed by atoms with Crippen molar-refractivity contribution in [2.75, 3.05) is 0 Å². The van der Waals surface area contributed by atoms with Crippen LogP contribution in [-0.4, -0.2) is 35.5 Å². The lowest BCUT2D eigenvalue weighted by molar-refractivity contribution is -0.121. The molecule has 0 radical (unpaired) electrons. The Hall–Kier alpha value is -3.62. The number of hydrogen-bond acceptors (Lipinski definition) is 5. The second-order valence-electron chi connectivity index (χ2n) is 6.82. The van der Waals surface area contributed by atoms with Crippen molar-refractivity contribution in [2.24, 2.45) is 0 Å². The van der Waals surface area contributed by atoms with E-state index in [4.69, 9.17) is 0 Å². The standard InChI is InChI=1S/C20H20FN7O/c1-13-10-14(2)27(25-13)19-7-6-17-23-24-18(28(17)26-19)8-9-20(29)22-12-15-4-3-5-16(21)11-15/h3-7,10-11H,8-9,12H2,1-2H3,(H,22,29). The predicted molar refractivity (Wildman–Crippen MR) is 104 cm³/mol.